The number of benzene rings is 1. The number of nitrogens with one attached hydrogen (secondary N) is 1. The average Bonchev–Trinajstić information content (AvgIpc) is 3.03. The lowest BCUT2D eigenvalue weighted by molar-refractivity contribution is 0.455. The fraction of sp³-hybridized carbons (Fsp3) is 0.188. The molecule has 110 valence electrons. The van der Waals surface area contributed by atoms with Crippen molar-refractivity contribution in [1.82, 2.24) is 15.0 Å². The monoisotopic (exact) mass is 293 g/mol. The summed E-state index contributed by atoms with van der Waals surface area (Å²) >= 11 is 0. The summed E-state index contributed by atoms with van der Waals surface area (Å²) in [5, 5.41) is 8.98. The fourth-order valence-electron chi connectivity index (χ4n) is 2.35. The Hall–Kier alpha value is -3.07. The maximum absolute atomic E-state index is 8.98. The van der Waals surface area contributed by atoms with Crippen LogP contribution >= 0.6 is 0 Å². The summed E-state index contributed by atoms with van der Waals surface area (Å²) in [6, 6.07) is 7.45. The number of fused-ring (bicyclic) bond motifs is 1. The van der Waals surface area contributed by atoms with Crippen LogP contribution in [0.4, 0.5) is 5.82 Å². The Balaban J connectivity index is 2.07. The van der Waals surface area contributed by atoms with Gasteiger partial charge in [-0.3, -0.25) is 0 Å². The van der Waals surface area contributed by atoms with Gasteiger partial charge in [0.1, 0.15) is 16.8 Å². The minimum Gasteiger partial charge on any atom is -0.438 e. The largest absolute Gasteiger partial charge is 0.438 e. The highest BCUT2D eigenvalue weighted by molar-refractivity contribution is 5.88. The SMILES string of the molecule is CCc1cc(C#N)ccc1Oc1nc(N)c2[nH]cnc2c1C. The number of anilines is 1. The molecule has 0 spiro atoms. The molecule has 0 amide bonds. The predicted octanol–water partition coefficient (Wildman–Crippen LogP) is 3.07. The lowest BCUT2D eigenvalue weighted by Gasteiger charge is -2.12. The van der Waals surface area contributed by atoms with Gasteiger partial charge >= 0.3 is 0 Å². The summed E-state index contributed by atoms with van der Waals surface area (Å²) in [6.45, 7) is 3.90. The number of hydrogen-bond donors (Lipinski definition) is 2. The summed E-state index contributed by atoms with van der Waals surface area (Å²) < 4.78 is 5.93. The highest BCUT2D eigenvalue weighted by Gasteiger charge is 2.14. The van der Waals surface area contributed by atoms with Crippen LogP contribution in [0.3, 0.4) is 0 Å². The Morgan fingerprint density at radius 2 is 2.23 bits per heavy atom. The first kappa shape index (κ1) is 13.9. The number of aryl methyl sites for hydroxylation is 2. The molecule has 22 heavy (non-hydrogen) atoms. The standard InChI is InChI=1S/C16H15N5O/c1-3-11-6-10(7-17)4-5-12(11)22-16-9(2)13-14(15(18)21-16)20-8-19-13/h4-6,8H,3H2,1-2H3,(H2,18,21)(H,19,20). The molecular formula is C16H15N5O. The third kappa shape index (κ3) is 2.23. The van der Waals surface area contributed by atoms with Gasteiger partial charge in [-0.2, -0.15) is 10.2 Å². The van der Waals surface area contributed by atoms with Crippen LogP contribution in [0.1, 0.15) is 23.6 Å². The topological polar surface area (TPSA) is 101 Å². The molecule has 2 heterocycles. The van der Waals surface area contributed by atoms with E-state index in [-0.39, 0.29) is 0 Å². The number of imidazole rings is 1. The van der Waals surface area contributed by atoms with Crippen molar-refractivity contribution in [1.29, 1.82) is 5.26 Å². The van der Waals surface area contributed by atoms with E-state index < -0.39 is 0 Å². The Morgan fingerprint density at radius 3 is 2.95 bits per heavy atom. The lowest BCUT2D eigenvalue weighted by Crippen LogP contribution is -2.00. The first-order valence-electron chi connectivity index (χ1n) is 6.94. The van der Waals surface area contributed by atoms with E-state index in [2.05, 4.69) is 21.0 Å². The molecule has 0 radical (unpaired) electrons. The molecule has 0 saturated carbocycles. The number of aromatic nitrogens is 3. The van der Waals surface area contributed by atoms with Gasteiger partial charge in [-0.05, 0) is 37.1 Å². The van der Waals surface area contributed by atoms with E-state index >= 15 is 0 Å². The molecule has 0 saturated heterocycles. The third-order valence-corrected chi connectivity index (χ3v) is 3.57. The van der Waals surface area contributed by atoms with Crippen molar-refractivity contribution < 1.29 is 4.74 Å². The van der Waals surface area contributed by atoms with Gasteiger partial charge in [0.25, 0.3) is 0 Å². The molecule has 6 nitrogen and oxygen atoms in total. The summed E-state index contributed by atoms with van der Waals surface area (Å²) in [7, 11) is 0. The Morgan fingerprint density at radius 1 is 1.41 bits per heavy atom. The molecule has 1 aromatic carbocycles. The van der Waals surface area contributed by atoms with E-state index in [4.69, 9.17) is 15.7 Å². The van der Waals surface area contributed by atoms with Crippen LogP contribution in [0.5, 0.6) is 11.6 Å². The molecule has 0 bridgehead atoms. The first-order valence-corrected chi connectivity index (χ1v) is 6.94. The Labute approximate surface area is 127 Å². The van der Waals surface area contributed by atoms with Crippen molar-refractivity contribution in [3.8, 4) is 17.7 Å². The van der Waals surface area contributed by atoms with Gasteiger partial charge in [0.05, 0.1) is 18.0 Å². The molecule has 3 aromatic rings. The maximum Gasteiger partial charge on any atom is 0.226 e. The molecule has 0 unspecified atom stereocenters. The van der Waals surface area contributed by atoms with Crippen molar-refractivity contribution >= 4 is 16.9 Å². The molecule has 0 aliphatic carbocycles. The summed E-state index contributed by atoms with van der Waals surface area (Å²) in [4.78, 5) is 11.5. The van der Waals surface area contributed by atoms with Gasteiger partial charge in [0.15, 0.2) is 5.82 Å². The molecule has 2 aromatic heterocycles. The molecule has 0 aliphatic heterocycles. The zero-order valence-corrected chi connectivity index (χ0v) is 12.3. The highest BCUT2D eigenvalue weighted by atomic mass is 16.5. The second-order valence-electron chi connectivity index (χ2n) is 4.94. The summed E-state index contributed by atoms with van der Waals surface area (Å²) in [6.07, 6.45) is 2.34. The number of H-pyrrole nitrogens is 1. The second kappa shape index (κ2) is 5.37. The number of nitriles is 1. The van der Waals surface area contributed by atoms with Crippen LogP contribution in [0, 0.1) is 18.3 Å². The predicted molar refractivity (Wildman–Crippen MR) is 83.6 cm³/mol. The highest BCUT2D eigenvalue weighted by Crippen LogP contribution is 2.32. The minimum atomic E-state index is 0.347. The van der Waals surface area contributed by atoms with Crippen LogP contribution in [0.2, 0.25) is 0 Å². The average molecular weight is 293 g/mol. The van der Waals surface area contributed by atoms with Crippen molar-refractivity contribution in [3.05, 3.63) is 41.2 Å². The number of nitrogen functional groups attached to an aromatic ring is 1. The van der Waals surface area contributed by atoms with E-state index in [1.54, 1.807) is 18.5 Å². The number of pyridine rings is 1. The fourth-order valence-corrected chi connectivity index (χ4v) is 2.35. The number of hydrogen-bond acceptors (Lipinski definition) is 5. The van der Waals surface area contributed by atoms with Gasteiger partial charge in [-0.25, -0.2) is 4.98 Å². The second-order valence-corrected chi connectivity index (χ2v) is 4.94. The summed E-state index contributed by atoms with van der Waals surface area (Å²) in [5.41, 5.74) is 9.76. The van der Waals surface area contributed by atoms with Crippen LogP contribution < -0.4 is 10.5 Å². The molecule has 0 aliphatic rings. The van der Waals surface area contributed by atoms with Crippen LogP contribution in [-0.2, 0) is 6.42 Å². The van der Waals surface area contributed by atoms with Crippen molar-refractivity contribution in [2.45, 2.75) is 20.3 Å². The van der Waals surface area contributed by atoms with Crippen molar-refractivity contribution in [2.24, 2.45) is 0 Å². The molecule has 3 N–H and O–H groups in total. The maximum atomic E-state index is 8.98. The first-order chi connectivity index (χ1) is 10.6. The number of nitrogens with two attached hydrogens (primary N) is 1. The third-order valence-electron chi connectivity index (χ3n) is 3.57. The van der Waals surface area contributed by atoms with E-state index in [1.165, 1.54) is 0 Å². The number of nitrogens with zero attached hydrogens (tertiary/aromatic N) is 3. The van der Waals surface area contributed by atoms with Crippen LogP contribution in [-0.4, -0.2) is 15.0 Å². The van der Waals surface area contributed by atoms with Gasteiger partial charge < -0.3 is 15.5 Å². The van der Waals surface area contributed by atoms with Crippen LogP contribution in [0.15, 0.2) is 24.5 Å². The lowest BCUT2D eigenvalue weighted by atomic mass is 10.1. The van der Waals surface area contributed by atoms with E-state index in [0.717, 1.165) is 23.1 Å². The summed E-state index contributed by atoms with van der Waals surface area (Å²) in [5.74, 6) is 1.45. The molecule has 3 rings (SSSR count). The quantitative estimate of drug-likeness (QED) is 0.772. The smallest absolute Gasteiger partial charge is 0.226 e. The van der Waals surface area contributed by atoms with Gasteiger partial charge in [-0.1, -0.05) is 6.92 Å². The van der Waals surface area contributed by atoms with Crippen LogP contribution in [0.25, 0.3) is 11.0 Å². The van der Waals surface area contributed by atoms with Crippen molar-refractivity contribution in [3.63, 3.8) is 0 Å². The number of rotatable bonds is 3. The van der Waals surface area contributed by atoms with Gasteiger partial charge in [0, 0.05) is 5.56 Å². The van der Waals surface area contributed by atoms with Gasteiger partial charge in [0.2, 0.25) is 5.88 Å². The Kier molecular flexibility index (Phi) is 3.39. The van der Waals surface area contributed by atoms with E-state index in [0.29, 0.717) is 28.5 Å². The van der Waals surface area contributed by atoms with E-state index in [9.17, 15) is 0 Å². The van der Waals surface area contributed by atoms with Crippen molar-refractivity contribution in [2.75, 3.05) is 5.73 Å². The zero-order chi connectivity index (χ0) is 15.7. The molecule has 0 atom stereocenters. The van der Waals surface area contributed by atoms with Gasteiger partial charge in [-0.15, -0.1) is 0 Å². The molecule has 6 heteroatoms. The molecular weight excluding hydrogens is 278 g/mol. The van der Waals surface area contributed by atoms with E-state index in [1.807, 2.05) is 19.9 Å². The zero-order valence-electron chi connectivity index (χ0n) is 12.3. The Bertz CT molecular complexity index is 891. The number of ether oxygens (including phenoxy) is 1. The normalized spacial score (nSPS) is 10.6. The molecule has 0 fully saturated rings. The number of aromatic amines is 1. The minimum absolute atomic E-state index is 0.347.